The van der Waals surface area contributed by atoms with Crippen LogP contribution in [0.1, 0.15) is 5.56 Å². The predicted molar refractivity (Wildman–Crippen MR) is 96.4 cm³/mol. The number of nitrogens with two attached hydrogens (primary N) is 1. The van der Waals surface area contributed by atoms with Gasteiger partial charge in [0, 0.05) is 18.1 Å². The van der Waals surface area contributed by atoms with Crippen molar-refractivity contribution in [2.45, 2.75) is 12.5 Å². The van der Waals surface area contributed by atoms with Crippen LogP contribution in [0.15, 0.2) is 79.1 Å². The zero-order valence-corrected chi connectivity index (χ0v) is 13.2. The Balaban J connectivity index is 1.62. The summed E-state index contributed by atoms with van der Waals surface area (Å²) >= 11 is 0. The molecular formula is C20H19N3O. The van der Waals surface area contributed by atoms with Crippen molar-refractivity contribution in [3.05, 3.63) is 84.7 Å². The first kappa shape index (κ1) is 15.9. The summed E-state index contributed by atoms with van der Waals surface area (Å²) < 4.78 is 0. The summed E-state index contributed by atoms with van der Waals surface area (Å²) in [4.78, 5) is 16.2. The topological polar surface area (TPSA) is 68.0 Å². The van der Waals surface area contributed by atoms with Gasteiger partial charge in [0.15, 0.2) is 0 Å². The molecule has 0 saturated heterocycles. The Labute approximate surface area is 141 Å². The molecule has 0 radical (unpaired) electrons. The van der Waals surface area contributed by atoms with E-state index in [9.17, 15) is 4.79 Å². The lowest BCUT2D eigenvalue weighted by Gasteiger charge is -2.13. The number of pyridine rings is 1. The van der Waals surface area contributed by atoms with E-state index in [1.54, 1.807) is 12.4 Å². The van der Waals surface area contributed by atoms with Gasteiger partial charge in [0.2, 0.25) is 5.91 Å². The lowest BCUT2D eigenvalue weighted by molar-refractivity contribution is -0.117. The van der Waals surface area contributed by atoms with E-state index >= 15 is 0 Å². The van der Waals surface area contributed by atoms with Gasteiger partial charge in [-0.2, -0.15) is 0 Å². The van der Waals surface area contributed by atoms with Crippen LogP contribution in [0.25, 0.3) is 11.1 Å². The van der Waals surface area contributed by atoms with Crippen molar-refractivity contribution < 1.29 is 4.79 Å². The Morgan fingerprint density at radius 1 is 0.917 bits per heavy atom. The van der Waals surface area contributed by atoms with Gasteiger partial charge in [-0.15, -0.1) is 0 Å². The van der Waals surface area contributed by atoms with E-state index in [2.05, 4.69) is 10.3 Å². The summed E-state index contributed by atoms with van der Waals surface area (Å²) in [5.74, 6) is -0.185. The highest BCUT2D eigenvalue weighted by Gasteiger charge is 2.14. The molecule has 0 spiro atoms. The van der Waals surface area contributed by atoms with Gasteiger partial charge < -0.3 is 11.1 Å². The molecule has 24 heavy (non-hydrogen) atoms. The molecular weight excluding hydrogens is 298 g/mol. The quantitative estimate of drug-likeness (QED) is 0.759. The van der Waals surface area contributed by atoms with Gasteiger partial charge in [-0.1, -0.05) is 42.5 Å². The smallest absolute Gasteiger partial charge is 0.241 e. The van der Waals surface area contributed by atoms with Crippen LogP contribution in [-0.4, -0.2) is 16.9 Å². The minimum Gasteiger partial charge on any atom is -0.325 e. The molecule has 1 aromatic heterocycles. The van der Waals surface area contributed by atoms with E-state index in [-0.39, 0.29) is 5.91 Å². The molecule has 1 amide bonds. The molecule has 0 aliphatic heterocycles. The largest absolute Gasteiger partial charge is 0.325 e. The van der Waals surface area contributed by atoms with E-state index in [0.29, 0.717) is 6.42 Å². The third-order valence-electron chi connectivity index (χ3n) is 3.80. The summed E-state index contributed by atoms with van der Waals surface area (Å²) in [5, 5.41) is 2.86. The number of anilines is 1. The van der Waals surface area contributed by atoms with Gasteiger partial charge in [0.25, 0.3) is 0 Å². The maximum absolute atomic E-state index is 12.2. The third kappa shape index (κ3) is 4.06. The van der Waals surface area contributed by atoms with Crippen LogP contribution in [0.3, 0.4) is 0 Å². The SMILES string of the molecule is N[C@@H](Cc1ccccc1)C(=O)Nc1ccc(-c2ccncc2)cc1. The number of carbonyl (C=O) groups is 1. The Morgan fingerprint density at radius 2 is 1.54 bits per heavy atom. The van der Waals surface area contributed by atoms with Crippen LogP contribution < -0.4 is 11.1 Å². The summed E-state index contributed by atoms with van der Waals surface area (Å²) in [6, 6.07) is 20.8. The number of aromatic nitrogens is 1. The first-order valence-corrected chi connectivity index (χ1v) is 7.83. The number of nitrogens with one attached hydrogen (secondary N) is 1. The van der Waals surface area contributed by atoms with E-state index in [4.69, 9.17) is 5.73 Å². The highest BCUT2D eigenvalue weighted by atomic mass is 16.2. The van der Waals surface area contributed by atoms with E-state index in [1.807, 2.05) is 66.7 Å². The number of amides is 1. The molecule has 0 saturated carbocycles. The number of hydrogen-bond donors (Lipinski definition) is 2. The number of rotatable bonds is 5. The molecule has 2 aromatic carbocycles. The zero-order valence-electron chi connectivity index (χ0n) is 13.2. The number of nitrogens with zero attached hydrogens (tertiary/aromatic N) is 1. The second-order valence-corrected chi connectivity index (χ2v) is 5.60. The van der Waals surface area contributed by atoms with Gasteiger partial charge >= 0.3 is 0 Å². The van der Waals surface area contributed by atoms with E-state index in [0.717, 1.165) is 22.4 Å². The lowest BCUT2D eigenvalue weighted by atomic mass is 10.1. The molecule has 3 N–H and O–H groups in total. The monoisotopic (exact) mass is 317 g/mol. The van der Waals surface area contributed by atoms with Crippen LogP contribution >= 0.6 is 0 Å². The normalized spacial score (nSPS) is 11.7. The summed E-state index contributed by atoms with van der Waals surface area (Å²) in [6.07, 6.45) is 4.03. The van der Waals surface area contributed by atoms with Crippen LogP contribution in [-0.2, 0) is 11.2 Å². The van der Waals surface area contributed by atoms with E-state index in [1.165, 1.54) is 0 Å². The number of benzene rings is 2. The fourth-order valence-corrected chi connectivity index (χ4v) is 2.49. The summed E-state index contributed by atoms with van der Waals surface area (Å²) in [6.45, 7) is 0. The van der Waals surface area contributed by atoms with Crippen molar-refractivity contribution in [3.8, 4) is 11.1 Å². The average Bonchev–Trinajstić information content (AvgIpc) is 2.64. The molecule has 3 aromatic rings. The first-order chi connectivity index (χ1) is 11.7. The third-order valence-corrected chi connectivity index (χ3v) is 3.80. The maximum atomic E-state index is 12.2. The van der Waals surface area contributed by atoms with Gasteiger partial charge in [-0.05, 0) is 47.4 Å². The van der Waals surface area contributed by atoms with Gasteiger partial charge in [0.05, 0.1) is 6.04 Å². The molecule has 0 aliphatic rings. The van der Waals surface area contributed by atoms with Crippen molar-refractivity contribution in [3.63, 3.8) is 0 Å². The Bertz CT molecular complexity index is 786. The van der Waals surface area contributed by atoms with Crippen LogP contribution in [0.4, 0.5) is 5.69 Å². The molecule has 1 heterocycles. The molecule has 0 bridgehead atoms. The van der Waals surface area contributed by atoms with Crippen molar-refractivity contribution >= 4 is 11.6 Å². The fourth-order valence-electron chi connectivity index (χ4n) is 2.49. The molecule has 0 unspecified atom stereocenters. The predicted octanol–water partition coefficient (Wildman–Crippen LogP) is 3.26. The minimum absolute atomic E-state index is 0.185. The zero-order chi connectivity index (χ0) is 16.8. The second kappa shape index (κ2) is 7.53. The molecule has 4 nitrogen and oxygen atoms in total. The Hall–Kier alpha value is -2.98. The van der Waals surface area contributed by atoms with E-state index < -0.39 is 6.04 Å². The van der Waals surface area contributed by atoms with Gasteiger partial charge in [0.1, 0.15) is 0 Å². The van der Waals surface area contributed by atoms with Crippen molar-refractivity contribution in [2.24, 2.45) is 5.73 Å². The molecule has 120 valence electrons. The van der Waals surface area contributed by atoms with Gasteiger partial charge in [-0.25, -0.2) is 0 Å². The van der Waals surface area contributed by atoms with Crippen LogP contribution in [0.2, 0.25) is 0 Å². The van der Waals surface area contributed by atoms with Gasteiger partial charge in [-0.3, -0.25) is 9.78 Å². The molecule has 1 atom stereocenters. The Kier molecular flexibility index (Phi) is 4.99. The number of hydrogen-bond acceptors (Lipinski definition) is 3. The standard InChI is InChI=1S/C20H19N3O/c21-19(14-15-4-2-1-3-5-15)20(24)23-18-8-6-16(7-9-18)17-10-12-22-13-11-17/h1-13,19H,14,21H2,(H,23,24)/t19-/m0/s1. The highest BCUT2D eigenvalue weighted by molar-refractivity contribution is 5.95. The first-order valence-electron chi connectivity index (χ1n) is 7.83. The molecule has 3 rings (SSSR count). The highest BCUT2D eigenvalue weighted by Crippen LogP contribution is 2.20. The summed E-state index contributed by atoms with van der Waals surface area (Å²) in [7, 11) is 0. The second-order valence-electron chi connectivity index (χ2n) is 5.60. The maximum Gasteiger partial charge on any atom is 0.241 e. The van der Waals surface area contributed by atoms with Crippen LogP contribution in [0.5, 0.6) is 0 Å². The number of carbonyl (C=O) groups excluding carboxylic acids is 1. The van der Waals surface area contributed by atoms with Crippen molar-refractivity contribution in [2.75, 3.05) is 5.32 Å². The van der Waals surface area contributed by atoms with Crippen molar-refractivity contribution in [1.29, 1.82) is 0 Å². The molecule has 0 fully saturated rings. The van der Waals surface area contributed by atoms with Crippen molar-refractivity contribution in [1.82, 2.24) is 4.98 Å². The Morgan fingerprint density at radius 3 is 2.21 bits per heavy atom. The molecule has 0 aliphatic carbocycles. The fraction of sp³-hybridized carbons (Fsp3) is 0.100. The lowest BCUT2D eigenvalue weighted by Crippen LogP contribution is -2.37. The average molecular weight is 317 g/mol. The summed E-state index contributed by atoms with van der Waals surface area (Å²) in [5.41, 5.74) is 9.95. The van der Waals surface area contributed by atoms with Crippen LogP contribution in [0, 0.1) is 0 Å². The minimum atomic E-state index is -0.577. The molecule has 4 heteroatoms.